The molecule has 0 aromatic heterocycles. The molecule has 6 nitrogen and oxygen atoms in total. The van der Waals surface area contributed by atoms with Gasteiger partial charge in [-0.3, -0.25) is 14.4 Å². The summed E-state index contributed by atoms with van der Waals surface area (Å²) in [5.41, 5.74) is 2.93. The molecule has 1 saturated heterocycles. The number of thioether (sulfide) groups is 1. The highest BCUT2D eigenvalue weighted by Gasteiger charge is 2.32. The van der Waals surface area contributed by atoms with Gasteiger partial charge in [0.05, 0.1) is 5.69 Å². The Balaban J connectivity index is 1.61. The summed E-state index contributed by atoms with van der Waals surface area (Å²) < 4.78 is 0. The number of carbonyl (C=O) groups excluding carboxylic acids is 3. The Bertz CT molecular complexity index is 922. The number of ketones is 1. The van der Waals surface area contributed by atoms with Crippen LogP contribution in [0, 0.1) is 6.92 Å². The molecule has 0 aliphatic carbocycles. The molecule has 1 aliphatic rings. The normalized spacial score (nSPS) is 17.6. The fraction of sp³-hybridized carbons (Fsp3) is 0.200. The quantitative estimate of drug-likeness (QED) is 0.777. The number of rotatable bonds is 5. The van der Waals surface area contributed by atoms with Gasteiger partial charge in [0.25, 0.3) is 0 Å². The van der Waals surface area contributed by atoms with Crippen molar-refractivity contribution in [2.45, 2.75) is 25.5 Å². The lowest BCUT2D eigenvalue weighted by molar-refractivity contribution is -0.122. The Kier molecular flexibility index (Phi) is 5.71. The Labute approximate surface area is 161 Å². The summed E-state index contributed by atoms with van der Waals surface area (Å²) in [5.74, 6) is -0.604. The predicted molar refractivity (Wildman–Crippen MR) is 107 cm³/mol. The van der Waals surface area contributed by atoms with E-state index >= 15 is 0 Å². The number of Topliss-reactive ketones (excluding diaryl/α,β-unsaturated/α-hetero) is 1. The fourth-order valence-corrected chi connectivity index (χ4v) is 3.51. The highest BCUT2D eigenvalue weighted by molar-refractivity contribution is 8.15. The number of amides is 2. The minimum Gasteiger partial charge on any atom is -0.326 e. The predicted octanol–water partition coefficient (Wildman–Crippen LogP) is 3.45. The molecule has 0 radical (unpaired) electrons. The van der Waals surface area contributed by atoms with Crippen LogP contribution in [0.2, 0.25) is 0 Å². The average molecular weight is 381 g/mol. The number of amidine groups is 1. The van der Waals surface area contributed by atoms with Gasteiger partial charge in [0.15, 0.2) is 11.0 Å². The maximum atomic E-state index is 12.3. The summed E-state index contributed by atoms with van der Waals surface area (Å²) in [6.07, 6.45) is 0.0215. The molecule has 2 amide bonds. The third kappa shape index (κ3) is 5.04. The number of hydrogen-bond acceptors (Lipinski definition) is 5. The number of nitrogens with one attached hydrogen (secondary N) is 2. The SMILES string of the molecule is CC(=O)c1cccc(NC(=O)CC2SC(=Nc3ccc(C)cc3)NC2=O)c1. The first-order valence-corrected chi connectivity index (χ1v) is 9.32. The van der Waals surface area contributed by atoms with E-state index in [1.54, 1.807) is 24.3 Å². The Morgan fingerprint density at radius 1 is 1.19 bits per heavy atom. The first-order chi connectivity index (χ1) is 12.9. The first kappa shape index (κ1) is 18.8. The minimum absolute atomic E-state index is 0.0215. The monoisotopic (exact) mass is 381 g/mol. The highest BCUT2D eigenvalue weighted by atomic mass is 32.2. The van der Waals surface area contributed by atoms with Crippen LogP contribution in [0.15, 0.2) is 53.5 Å². The number of carbonyl (C=O) groups is 3. The van der Waals surface area contributed by atoms with Crippen LogP contribution < -0.4 is 10.6 Å². The van der Waals surface area contributed by atoms with Crippen LogP contribution in [0.5, 0.6) is 0 Å². The van der Waals surface area contributed by atoms with Crippen molar-refractivity contribution >= 4 is 45.9 Å². The van der Waals surface area contributed by atoms with E-state index in [1.807, 2.05) is 31.2 Å². The molecule has 0 spiro atoms. The molecule has 0 saturated carbocycles. The molecule has 7 heteroatoms. The zero-order valence-corrected chi connectivity index (χ0v) is 15.8. The average Bonchev–Trinajstić information content (AvgIpc) is 2.96. The lowest BCUT2D eigenvalue weighted by Gasteiger charge is -2.08. The van der Waals surface area contributed by atoms with Gasteiger partial charge in [-0.25, -0.2) is 4.99 Å². The molecular weight excluding hydrogens is 362 g/mol. The molecule has 1 heterocycles. The third-order valence-corrected chi connectivity index (χ3v) is 5.05. The van der Waals surface area contributed by atoms with Crippen molar-refractivity contribution < 1.29 is 14.4 Å². The largest absolute Gasteiger partial charge is 0.326 e. The molecule has 1 atom stereocenters. The van der Waals surface area contributed by atoms with Gasteiger partial charge < -0.3 is 10.6 Å². The summed E-state index contributed by atoms with van der Waals surface area (Å²) in [6.45, 7) is 3.46. The van der Waals surface area contributed by atoms with Crippen molar-refractivity contribution in [2.75, 3.05) is 5.32 Å². The van der Waals surface area contributed by atoms with Crippen LogP contribution in [0.3, 0.4) is 0 Å². The molecule has 1 fully saturated rings. The fourth-order valence-electron chi connectivity index (χ4n) is 2.53. The number of hydrogen-bond donors (Lipinski definition) is 2. The summed E-state index contributed by atoms with van der Waals surface area (Å²) >= 11 is 1.24. The van der Waals surface area contributed by atoms with Crippen LogP contribution in [-0.4, -0.2) is 28.0 Å². The van der Waals surface area contributed by atoms with Crippen LogP contribution in [0.25, 0.3) is 0 Å². The molecule has 1 aliphatic heterocycles. The lowest BCUT2D eigenvalue weighted by Crippen LogP contribution is -2.28. The maximum absolute atomic E-state index is 12.3. The van der Waals surface area contributed by atoms with E-state index in [0.717, 1.165) is 11.3 Å². The van der Waals surface area contributed by atoms with Gasteiger partial charge >= 0.3 is 0 Å². The standard InChI is InChI=1S/C20H19N3O3S/c1-12-6-8-15(9-7-12)22-20-23-19(26)17(27-20)11-18(25)21-16-5-3-4-14(10-16)13(2)24/h3-10,17H,11H2,1-2H3,(H,21,25)(H,22,23,26). The first-order valence-electron chi connectivity index (χ1n) is 8.44. The van der Waals surface area contributed by atoms with Gasteiger partial charge in [0, 0.05) is 17.7 Å². The second-order valence-corrected chi connectivity index (χ2v) is 7.43. The number of aryl methyl sites for hydroxylation is 1. The molecule has 1 unspecified atom stereocenters. The van der Waals surface area contributed by atoms with Crippen LogP contribution >= 0.6 is 11.8 Å². The molecule has 2 aromatic carbocycles. The van der Waals surface area contributed by atoms with Crippen LogP contribution in [-0.2, 0) is 9.59 Å². The zero-order valence-electron chi connectivity index (χ0n) is 15.0. The Hall–Kier alpha value is -2.93. The molecule has 27 heavy (non-hydrogen) atoms. The number of anilines is 1. The second kappa shape index (κ2) is 8.18. The minimum atomic E-state index is -0.537. The van der Waals surface area contributed by atoms with Crippen molar-refractivity contribution in [3.05, 3.63) is 59.7 Å². The van der Waals surface area contributed by atoms with Crippen molar-refractivity contribution in [2.24, 2.45) is 4.99 Å². The van der Waals surface area contributed by atoms with Crippen molar-refractivity contribution in [3.63, 3.8) is 0 Å². The highest BCUT2D eigenvalue weighted by Crippen LogP contribution is 2.25. The molecule has 0 bridgehead atoms. The van der Waals surface area contributed by atoms with Gasteiger partial charge in [-0.05, 0) is 38.1 Å². The van der Waals surface area contributed by atoms with Gasteiger partial charge in [-0.15, -0.1) is 0 Å². The smallest absolute Gasteiger partial charge is 0.240 e. The van der Waals surface area contributed by atoms with E-state index in [-0.39, 0.29) is 24.0 Å². The van der Waals surface area contributed by atoms with Gasteiger partial charge in [-0.2, -0.15) is 0 Å². The van der Waals surface area contributed by atoms with Gasteiger partial charge in [0.2, 0.25) is 11.8 Å². The van der Waals surface area contributed by atoms with Crippen molar-refractivity contribution in [1.29, 1.82) is 0 Å². The van der Waals surface area contributed by atoms with Gasteiger partial charge in [-0.1, -0.05) is 41.6 Å². The number of nitrogens with zero attached hydrogens (tertiary/aromatic N) is 1. The number of aliphatic imine (C=N–C) groups is 1. The van der Waals surface area contributed by atoms with E-state index in [9.17, 15) is 14.4 Å². The van der Waals surface area contributed by atoms with E-state index in [1.165, 1.54) is 18.7 Å². The lowest BCUT2D eigenvalue weighted by atomic mass is 10.1. The van der Waals surface area contributed by atoms with Crippen molar-refractivity contribution in [3.8, 4) is 0 Å². The zero-order chi connectivity index (χ0) is 19.4. The molecule has 2 aromatic rings. The summed E-state index contributed by atoms with van der Waals surface area (Å²) in [6, 6.07) is 14.3. The topological polar surface area (TPSA) is 87.6 Å². The van der Waals surface area contributed by atoms with Crippen LogP contribution in [0.4, 0.5) is 11.4 Å². The third-order valence-electron chi connectivity index (χ3n) is 3.96. The summed E-state index contributed by atoms with van der Waals surface area (Å²) in [7, 11) is 0. The molecule has 2 N–H and O–H groups in total. The van der Waals surface area contributed by atoms with Crippen LogP contribution in [0.1, 0.15) is 29.3 Å². The van der Waals surface area contributed by atoms with E-state index < -0.39 is 5.25 Å². The Morgan fingerprint density at radius 3 is 2.63 bits per heavy atom. The van der Waals surface area contributed by atoms with Gasteiger partial charge in [0.1, 0.15) is 5.25 Å². The van der Waals surface area contributed by atoms with E-state index in [2.05, 4.69) is 15.6 Å². The second-order valence-electron chi connectivity index (χ2n) is 6.24. The maximum Gasteiger partial charge on any atom is 0.240 e. The Morgan fingerprint density at radius 2 is 1.93 bits per heavy atom. The van der Waals surface area contributed by atoms with Crippen molar-refractivity contribution in [1.82, 2.24) is 5.32 Å². The van der Waals surface area contributed by atoms with E-state index in [0.29, 0.717) is 16.4 Å². The summed E-state index contributed by atoms with van der Waals surface area (Å²) in [5, 5.41) is 5.39. The molecular formula is C20H19N3O3S. The number of benzene rings is 2. The van der Waals surface area contributed by atoms with E-state index in [4.69, 9.17) is 0 Å². The molecule has 138 valence electrons. The summed E-state index contributed by atoms with van der Waals surface area (Å²) in [4.78, 5) is 40.2. The molecule has 3 rings (SSSR count).